The molecule has 0 heterocycles. The van der Waals surface area contributed by atoms with E-state index in [4.69, 9.17) is 0 Å². The molecule has 0 radical (unpaired) electrons. The first-order valence-corrected chi connectivity index (χ1v) is 3.58. The van der Waals surface area contributed by atoms with Crippen molar-refractivity contribution >= 4 is 22.9 Å². The van der Waals surface area contributed by atoms with E-state index in [1.54, 1.807) is 0 Å². The highest BCUT2D eigenvalue weighted by Crippen LogP contribution is 2.07. The van der Waals surface area contributed by atoms with Gasteiger partial charge in [-0.2, -0.15) is 0 Å². The summed E-state index contributed by atoms with van der Waals surface area (Å²) < 4.78 is 3.16. The van der Waals surface area contributed by atoms with Gasteiger partial charge in [0.25, 0.3) is 0 Å². The molecule has 0 fully saturated rings. The van der Waals surface area contributed by atoms with Crippen molar-refractivity contribution in [1.29, 1.82) is 0 Å². The maximum atomic E-state index is 3.16. The Morgan fingerprint density at radius 1 is 1.57 bits per heavy atom. The highest BCUT2D eigenvalue weighted by Gasteiger charge is 2.10. The highest BCUT2D eigenvalue weighted by molar-refractivity contribution is 14.1. The van der Waals surface area contributed by atoms with Crippen molar-refractivity contribution in [2.45, 2.75) is 32.7 Å². The highest BCUT2D eigenvalue weighted by atomic mass is 127. The van der Waals surface area contributed by atoms with Crippen LogP contribution in [0.25, 0.3) is 0 Å². The molecule has 2 heteroatoms. The van der Waals surface area contributed by atoms with Crippen LogP contribution in [0.3, 0.4) is 0 Å². The molecule has 0 aromatic carbocycles. The average Bonchev–Trinajstić information content (AvgIpc) is 1.68. The molecule has 0 aliphatic heterocycles. The monoisotopic (exact) mass is 213 g/mol. The first-order valence-electron chi connectivity index (χ1n) is 2.50. The fraction of sp³-hybridized carbons (Fsp3) is 1.00. The van der Waals surface area contributed by atoms with Crippen LogP contribution < -0.4 is 3.53 Å². The van der Waals surface area contributed by atoms with Crippen LogP contribution in [0, 0.1) is 0 Å². The molecule has 1 N–H and O–H groups in total. The van der Waals surface area contributed by atoms with Gasteiger partial charge >= 0.3 is 0 Å². The van der Waals surface area contributed by atoms with Gasteiger partial charge in [-0.05, 0) is 20.3 Å². The second-order valence-corrected chi connectivity index (χ2v) is 2.87. The maximum absolute atomic E-state index is 3.16. The molecule has 0 bridgehead atoms. The van der Waals surface area contributed by atoms with Crippen LogP contribution >= 0.6 is 22.9 Å². The van der Waals surface area contributed by atoms with Crippen molar-refractivity contribution in [2.24, 2.45) is 0 Å². The molecule has 0 rings (SSSR count). The Kier molecular flexibility index (Phi) is 3.15. The van der Waals surface area contributed by atoms with Gasteiger partial charge in [0.15, 0.2) is 0 Å². The zero-order valence-corrected chi connectivity index (χ0v) is 7.24. The lowest BCUT2D eigenvalue weighted by molar-refractivity contribution is 0.477. The third-order valence-electron chi connectivity index (χ3n) is 1.14. The smallest absolute Gasteiger partial charge is 0.0215 e. The SMILES string of the molecule is CCC(C)(C)NI. The van der Waals surface area contributed by atoms with Crippen LogP contribution in [0.4, 0.5) is 0 Å². The molecule has 7 heavy (non-hydrogen) atoms. The Labute approximate surface area is 59.4 Å². The van der Waals surface area contributed by atoms with Crippen LogP contribution in [0.5, 0.6) is 0 Å². The van der Waals surface area contributed by atoms with Gasteiger partial charge in [-0.1, -0.05) is 6.92 Å². The summed E-state index contributed by atoms with van der Waals surface area (Å²) in [4.78, 5) is 0. The number of halogens is 1. The zero-order chi connectivity index (χ0) is 5.91. The predicted molar refractivity (Wildman–Crippen MR) is 41.5 cm³/mol. The van der Waals surface area contributed by atoms with Crippen molar-refractivity contribution in [1.82, 2.24) is 3.53 Å². The van der Waals surface area contributed by atoms with E-state index in [0.717, 1.165) is 0 Å². The minimum absolute atomic E-state index is 0.320. The molecule has 0 aromatic rings. The topological polar surface area (TPSA) is 12.0 Å². The van der Waals surface area contributed by atoms with E-state index in [9.17, 15) is 0 Å². The molecule has 0 aliphatic carbocycles. The first-order chi connectivity index (χ1) is 3.12. The molecule has 0 saturated carbocycles. The van der Waals surface area contributed by atoms with Gasteiger partial charge in [0.2, 0.25) is 0 Å². The minimum atomic E-state index is 0.320. The Hall–Kier alpha value is 0.690. The van der Waals surface area contributed by atoms with E-state index in [-0.39, 0.29) is 0 Å². The van der Waals surface area contributed by atoms with Crippen molar-refractivity contribution in [3.05, 3.63) is 0 Å². The fourth-order valence-electron chi connectivity index (χ4n) is 0.0668. The summed E-state index contributed by atoms with van der Waals surface area (Å²) in [5.74, 6) is 0. The largest absolute Gasteiger partial charge is 0.255 e. The third kappa shape index (κ3) is 3.29. The minimum Gasteiger partial charge on any atom is -0.255 e. The summed E-state index contributed by atoms with van der Waals surface area (Å²) in [6.45, 7) is 6.53. The van der Waals surface area contributed by atoms with Crippen molar-refractivity contribution in [2.75, 3.05) is 0 Å². The molecule has 0 spiro atoms. The Morgan fingerprint density at radius 3 is 2.00 bits per heavy atom. The summed E-state index contributed by atoms with van der Waals surface area (Å²) in [5, 5.41) is 0. The van der Waals surface area contributed by atoms with Gasteiger partial charge in [-0.3, -0.25) is 3.53 Å². The van der Waals surface area contributed by atoms with Gasteiger partial charge in [0, 0.05) is 28.4 Å². The van der Waals surface area contributed by atoms with Crippen molar-refractivity contribution in [3.63, 3.8) is 0 Å². The van der Waals surface area contributed by atoms with E-state index in [1.165, 1.54) is 6.42 Å². The van der Waals surface area contributed by atoms with Crippen LogP contribution in [-0.2, 0) is 0 Å². The van der Waals surface area contributed by atoms with Crippen LogP contribution in [0.15, 0.2) is 0 Å². The van der Waals surface area contributed by atoms with Crippen molar-refractivity contribution in [3.8, 4) is 0 Å². The summed E-state index contributed by atoms with van der Waals surface area (Å²) >= 11 is 2.18. The lowest BCUT2D eigenvalue weighted by Crippen LogP contribution is -2.30. The molecular weight excluding hydrogens is 201 g/mol. The lowest BCUT2D eigenvalue weighted by Gasteiger charge is -2.18. The van der Waals surface area contributed by atoms with Crippen molar-refractivity contribution < 1.29 is 0 Å². The van der Waals surface area contributed by atoms with Gasteiger partial charge in [-0.15, -0.1) is 0 Å². The Bertz CT molecular complexity index is 46.0. The number of hydrogen-bond acceptors (Lipinski definition) is 1. The van der Waals surface area contributed by atoms with E-state index in [0.29, 0.717) is 5.54 Å². The molecule has 0 aliphatic rings. The summed E-state index contributed by atoms with van der Waals surface area (Å²) in [6, 6.07) is 0. The summed E-state index contributed by atoms with van der Waals surface area (Å²) in [6.07, 6.45) is 1.18. The van der Waals surface area contributed by atoms with Gasteiger partial charge in [0.1, 0.15) is 0 Å². The molecule has 0 amide bonds. The van der Waals surface area contributed by atoms with E-state index in [2.05, 4.69) is 47.2 Å². The fourth-order valence-corrected chi connectivity index (χ4v) is 0.448. The Morgan fingerprint density at radius 2 is 2.00 bits per heavy atom. The molecule has 0 unspecified atom stereocenters. The normalized spacial score (nSPS) is 12.0. The maximum Gasteiger partial charge on any atom is 0.0215 e. The lowest BCUT2D eigenvalue weighted by atomic mass is 10.1. The zero-order valence-electron chi connectivity index (χ0n) is 5.09. The summed E-state index contributed by atoms with van der Waals surface area (Å²) in [5.41, 5.74) is 0.320. The van der Waals surface area contributed by atoms with Crippen LogP contribution in [-0.4, -0.2) is 5.54 Å². The average molecular weight is 213 g/mol. The van der Waals surface area contributed by atoms with Crippen LogP contribution in [0.1, 0.15) is 27.2 Å². The second-order valence-electron chi connectivity index (χ2n) is 2.33. The quantitative estimate of drug-likeness (QED) is 0.547. The number of nitrogens with one attached hydrogen (secondary N) is 1. The third-order valence-corrected chi connectivity index (χ3v) is 2.60. The predicted octanol–water partition coefficient (Wildman–Crippen LogP) is 2.11. The van der Waals surface area contributed by atoms with E-state index in [1.807, 2.05) is 0 Å². The molecular formula is C5H12IN. The van der Waals surface area contributed by atoms with Gasteiger partial charge < -0.3 is 0 Å². The van der Waals surface area contributed by atoms with E-state index >= 15 is 0 Å². The standard InChI is InChI=1S/C5H12IN/c1-4-5(2,3)7-6/h7H,4H2,1-3H3. The molecule has 0 saturated heterocycles. The Balaban J connectivity index is 3.36. The number of rotatable bonds is 2. The first kappa shape index (κ1) is 7.69. The second kappa shape index (κ2) is 2.87. The van der Waals surface area contributed by atoms with Gasteiger partial charge in [-0.25, -0.2) is 0 Å². The number of hydrogen-bond donors (Lipinski definition) is 1. The molecule has 1 nitrogen and oxygen atoms in total. The summed E-state index contributed by atoms with van der Waals surface area (Å²) in [7, 11) is 0. The van der Waals surface area contributed by atoms with Gasteiger partial charge in [0.05, 0.1) is 0 Å². The molecule has 0 aromatic heterocycles. The van der Waals surface area contributed by atoms with E-state index < -0.39 is 0 Å². The molecule has 44 valence electrons. The molecule has 0 atom stereocenters. The van der Waals surface area contributed by atoms with Crippen LogP contribution in [0.2, 0.25) is 0 Å².